The molecule has 178 valence electrons. The van der Waals surface area contributed by atoms with Crippen molar-refractivity contribution in [3.63, 3.8) is 0 Å². The van der Waals surface area contributed by atoms with Crippen LogP contribution in [0.3, 0.4) is 0 Å². The first-order valence-corrected chi connectivity index (χ1v) is 12.1. The average Bonchev–Trinajstić information content (AvgIpc) is 3.31. The molecule has 3 fully saturated rings. The number of thioether (sulfide) groups is 1. The van der Waals surface area contributed by atoms with Crippen molar-refractivity contribution in [2.24, 2.45) is 11.8 Å². The van der Waals surface area contributed by atoms with Gasteiger partial charge >= 0.3 is 5.97 Å². The first-order valence-electron chi connectivity index (χ1n) is 11.3. The molecule has 5 N–H and O–H groups in total. The highest BCUT2D eigenvalue weighted by Crippen LogP contribution is 2.51. The van der Waals surface area contributed by atoms with E-state index < -0.39 is 24.1 Å². The van der Waals surface area contributed by atoms with Crippen LogP contribution in [0, 0.1) is 11.8 Å². The zero-order valence-electron chi connectivity index (χ0n) is 18.4. The van der Waals surface area contributed by atoms with Gasteiger partial charge in [-0.3, -0.25) is 9.59 Å². The second-order valence-corrected chi connectivity index (χ2v) is 10.5. The largest absolute Gasteiger partial charge is 0.477 e. The van der Waals surface area contributed by atoms with Crippen LogP contribution in [0.2, 0.25) is 0 Å². The number of hydrogen-bond donors (Lipinski definition) is 5. The Labute approximate surface area is 191 Å². The number of fused-ring (bicyclic) bond motifs is 1. The maximum Gasteiger partial charge on any atom is 0.353 e. The van der Waals surface area contributed by atoms with E-state index in [9.17, 15) is 29.7 Å². The Balaban J connectivity index is 1.38. The lowest BCUT2D eigenvalue weighted by molar-refractivity contribution is -0.163. The van der Waals surface area contributed by atoms with Gasteiger partial charge in [-0.15, -0.1) is 11.8 Å². The van der Waals surface area contributed by atoms with Gasteiger partial charge in [-0.2, -0.15) is 0 Å². The van der Waals surface area contributed by atoms with E-state index in [2.05, 4.69) is 10.6 Å². The van der Waals surface area contributed by atoms with E-state index in [1.807, 2.05) is 6.92 Å². The zero-order chi connectivity index (χ0) is 23.2. The van der Waals surface area contributed by atoms with Crippen molar-refractivity contribution >= 4 is 29.5 Å². The van der Waals surface area contributed by atoms with Crippen LogP contribution in [0.4, 0.5) is 0 Å². The lowest BCUT2D eigenvalue weighted by Crippen LogP contribution is -2.63. The summed E-state index contributed by atoms with van der Waals surface area (Å²) in [5.41, 5.74) is 0.0206. The number of aliphatic hydroxyl groups is 2. The van der Waals surface area contributed by atoms with E-state index in [-0.39, 0.29) is 47.2 Å². The molecular formula is C21H32N4O6S. The van der Waals surface area contributed by atoms with Crippen molar-refractivity contribution in [2.45, 2.75) is 56.2 Å². The Morgan fingerprint density at radius 1 is 1.25 bits per heavy atom. The fourth-order valence-electron chi connectivity index (χ4n) is 5.34. The van der Waals surface area contributed by atoms with Gasteiger partial charge in [-0.25, -0.2) is 4.79 Å². The molecule has 0 aliphatic carbocycles. The molecule has 0 radical (unpaired) electrons. The maximum absolute atomic E-state index is 12.5. The lowest BCUT2D eigenvalue weighted by atomic mass is 9.79. The van der Waals surface area contributed by atoms with Crippen molar-refractivity contribution < 1.29 is 29.7 Å². The van der Waals surface area contributed by atoms with E-state index in [0.717, 1.165) is 13.1 Å². The Hall–Kier alpha value is -1.66. The van der Waals surface area contributed by atoms with E-state index in [4.69, 9.17) is 0 Å². The second kappa shape index (κ2) is 9.30. The summed E-state index contributed by atoms with van der Waals surface area (Å²) in [4.78, 5) is 40.6. The third-order valence-corrected chi connectivity index (χ3v) is 8.56. The zero-order valence-corrected chi connectivity index (χ0v) is 19.2. The summed E-state index contributed by atoms with van der Waals surface area (Å²) in [5, 5.41) is 36.9. The number of carboxylic acids is 1. The number of rotatable bonds is 7. The number of carbonyl (C=O) groups excluding carboxylic acids is 2. The summed E-state index contributed by atoms with van der Waals surface area (Å²) >= 11 is 1.44. The number of β-lactam (4-membered cyclic amide) rings is 1. The fraction of sp³-hybridized carbons (Fsp3) is 0.762. The fourth-order valence-corrected chi connectivity index (χ4v) is 6.83. The van der Waals surface area contributed by atoms with Crippen LogP contribution in [0.25, 0.3) is 0 Å². The summed E-state index contributed by atoms with van der Waals surface area (Å²) in [6, 6.07) is -0.572. The number of aliphatic hydroxyl groups excluding tert-OH is 2. The van der Waals surface area contributed by atoms with Gasteiger partial charge < -0.3 is 35.8 Å². The molecule has 2 amide bonds. The number of piperazine rings is 1. The predicted octanol–water partition coefficient (Wildman–Crippen LogP) is -1.21. The van der Waals surface area contributed by atoms with Gasteiger partial charge in [0.15, 0.2) is 0 Å². The third kappa shape index (κ3) is 4.16. The number of aliphatic carboxylic acids is 1. The molecule has 0 aromatic carbocycles. The first kappa shape index (κ1) is 23.5. The Morgan fingerprint density at radius 3 is 2.56 bits per heavy atom. The van der Waals surface area contributed by atoms with E-state index >= 15 is 0 Å². The van der Waals surface area contributed by atoms with Crippen LogP contribution >= 0.6 is 11.8 Å². The summed E-state index contributed by atoms with van der Waals surface area (Å²) in [6.07, 6.45) is -0.971. The number of nitrogens with one attached hydrogen (secondary N) is 2. The molecule has 0 bridgehead atoms. The number of nitrogens with zero attached hydrogens (tertiary/aromatic N) is 2. The second-order valence-electron chi connectivity index (χ2n) is 9.16. The van der Waals surface area contributed by atoms with Crippen molar-refractivity contribution in [2.75, 3.05) is 32.7 Å². The SMILES string of the molecule is C[C@@H](O)[C@H]1C(=O)N2C(C(=O)O)=C(S[C@@H]3CN[C@H](C(O)CC(=O)N4CCNCC4)C3)[C@H](C)[C@H]12. The third-order valence-electron chi connectivity index (χ3n) is 7.05. The smallest absolute Gasteiger partial charge is 0.353 e. The summed E-state index contributed by atoms with van der Waals surface area (Å²) in [7, 11) is 0. The van der Waals surface area contributed by atoms with Crippen LogP contribution in [0.15, 0.2) is 10.6 Å². The molecule has 4 rings (SSSR count). The molecule has 0 spiro atoms. The molecule has 0 aromatic heterocycles. The van der Waals surface area contributed by atoms with Crippen molar-refractivity contribution in [3.8, 4) is 0 Å². The van der Waals surface area contributed by atoms with Crippen LogP contribution < -0.4 is 10.6 Å². The molecule has 7 atom stereocenters. The van der Waals surface area contributed by atoms with Gasteiger partial charge in [0.1, 0.15) is 5.70 Å². The summed E-state index contributed by atoms with van der Waals surface area (Å²) in [5.74, 6) is -2.28. The van der Waals surface area contributed by atoms with Gasteiger partial charge in [0.2, 0.25) is 11.8 Å². The van der Waals surface area contributed by atoms with Gasteiger partial charge in [0, 0.05) is 54.8 Å². The molecule has 4 heterocycles. The summed E-state index contributed by atoms with van der Waals surface area (Å²) in [6.45, 7) is 6.86. The Bertz CT molecular complexity index is 814. The Morgan fingerprint density at radius 2 is 1.94 bits per heavy atom. The minimum atomic E-state index is -1.14. The van der Waals surface area contributed by atoms with Gasteiger partial charge in [0.05, 0.1) is 30.6 Å². The normalized spacial score (nSPS) is 34.4. The van der Waals surface area contributed by atoms with Crippen molar-refractivity contribution in [3.05, 3.63) is 10.6 Å². The minimum absolute atomic E-state index is 0.0206. The average molecular weight is 469 g/mol. The van der Waals surface area contributed by atoms with E-state index in [1.165, 1.54) is 16.7 Å². The number of hydrogen-bond acceptors (Lipinski definition) is 8. The number of carbonyl (C=O) groups is 3. The Kier molecular flexibility index (Phi) is 6.83. The standard InChI is InChI=1S/C21H32N4O6S/c1-10-17-16(11(2)26)20(29)25(17)18(21(30)31)19(10)32-12-7-13(23-9-12)14(27)8-15(28)24-5-3-22-4-6-24/h10-14,16-17,22-23,26-27H,3-9H2,1-2H3,(H,30,31)/t10-,11-,12+,13+,14?,16-,17-/m1/s1. The molecule has 4 aliphatic rings. The lowest BCUT2D eigenvalue weighted by Gasteiger charge is -2.46. The number of amides is 2. The first-order chi connectivity index (χ1) is 15.2. The highest BCUT2D eigenvalue weighted by Gasteiger charge is 2.60. The molecule has 32 heavy (non-hydrogen) atoms. The van der Waals surface area contributed by atoms with Gasteiger partial charge in [0.25, 0.3) is 0 Å². The topological polar surface area (TPSA) is 142 Å². The van der Waals surface area contributed by atoms with E-state index in [0.29, 0.717) is 31.0 Å². The molecule has 0 saturated carbocycles. The monoisotopic (exact) mass is 468 g/mol. The van der Waals surface area contributed by atoms with Gasteiger partial charge in [-0.05, 0) is 13.3 Å². The van der Waals surface area contributed by atoms with Crippen molar-refractivity contribution in [1.82, 2.24) is 20.4 Å². The van der Waals surface area contributed by atoms with Crippen LogP contribution in [-0.4, -0.2) is 105 Å². The van der Waals surface area contributed by atoms with Gasteiger partial charge in [-0.1, -0.05) is 6.92 Å². The molecule has 1 unspecified atom stereocenters. The molecule has 10 nitrogen and oxygen atoms in total. The quantitative estimate of drug-likeness (QED) is 0.291. The van der Waals surface area contributed by atoms with Crippen LogP contribution in [-0.2, 0) is 14.4 Å². The molecule has 0 aromatic rings. The maximum atomic E-state index is 12.5. The van der Waals surface area contributed by atoms with Crippen LogP contribution in [0.1, 0.15) is 26.7 Å². The van der Waals surface area contributed by atoms with E-state index in [1.54, 1.807) is 11.8 Å². The highest BCUT2D eigenvalue weighted by atomic mass is 32.2. The van der Waals surface area contributed by atoms with Crippen LogP contribution in [0.5, 0.6) is 0 Å². The minimum Gasteiger partial charge on any atom is -0.477 e. The predicted molar refractivity (Wildman–Crippen MR) is 117 cm³/mol. The highest BCUT2D eigenvalue weighted by molar-refractivity contribution is 8.03. The number of carboxylic acid groups (broad SMARTS) is 1. The summed E-state index contributed by atoms with van der Waals surface area (Å²) < 4.78 is 0. The molecule has 11 heteroatoms. The molecule has 4 aliphatic heterocycles. The van der Waals surface area contributed by atoms with Crippen molar-refractivity contribution in [1.29, 1.82) is 0 Å². The molecule has 3 saturated heterocycles. The molecular weight excluding hydrogens is 436 g/mol.